The molecule has 186 valence electrons. The van der Waals surface area contributed by atoms with Crippen LogP contribution in [0.25, 0.3) is 6.08 Å². The first kappa shape index (κ1) is 26.1. The van der Waals surface area contributed by atoms with E-state index in [-0.39, 0.29) is 12.3 Å². The van der Waals surface area contributed by atoms with E-state index in [2.05, 4.69) is 48.6 Å². The van der Waals surface area contributed by atoms with Gasteiger partial charge in [0.1, 0.15) is 24.6 Å². The highest BCUT2D eigenvalue weighted by Crippen LogP contribution is 2.36. The quantitative estimate of drug-likeness (QED) is 0.267. The second kappa shape index (κ2) is 11.4. The maximum absolute atomic E-state index is 12.8. The van der Waals surface area contributed by atoms with Gasteiger partial charge < -0.3 is 15.4 Å². The molecule has 1 heterocycles. The molecule has 4 rings (SSSR count). The Hall–Kier alpha value is -3.94. The minimum Gasteiger partial charge on any atom is -0.486 e. The molecule has 8 nitrogen and oxygen atoms in total. The molecule has 0 unspecified atom stereocenters. The number of aryl methyl sites for hydroxylation is 1. The average Bonchev–Trinajstić information content (AvgIpc) is 3.11. The van der Waals surface area contributed by atoms with Gasteiger partial charge in [-0.2, -0.15) is 5.26 Å². The van der Waals surface area contributed by atoms with Crippen LogP contribution >= 0.6 is 31.9 Å². The van der Waals surface area contributed by atoms with E-state index in [1.165, 1.54) is 6.08 Å². The zero-order valence-corrected chi connectivity index (χ0v) is 22.7. The SMILES string of the molecule is Cc1cccc(NC(=O)CN2C(=O)N/C(=C/c3cc(Br)c(OCc4ccccc4C#N)c(Br)c3)C2=O)c1. The van der Waals surface area contributed by atoms with Crippen molar-refractivity contribution < 1.29 is 19.1 Å². The van der Waals surface area contributed by atoms with E-state index in [1.807, 2.05) is 25.1 Å². The lowest BCUT2D eigenvalue weighted by Crippen LogP contribution is -2.38. The van der Waals surface area contributed by atoms with E-state index in [0.29, 0.717) is 31.5 Å². The van der Waals surface area contributed by atoms with Gasteiger partial charge in [-0.05, 0) is 86.3 Å². The number of urea groups is 1. The fourth-order valence-electron chi connectivity index (χ4n) is 3.65. The summed E-state index contributed by atoms with van der Waals surface area (Å²) in [5, 5.41) is 14.5. The van der Waals surface area contributed by atoms with Crippen LogP contribution in [0.5, 0.6) is 5.75 Å². The van der Waals surface area contributed by atoms with Crippen molar-refractivity contribution in [2.75, 3.05) is 11.9 Å². The Labute approximate surface area is 230 Å². The van der Waals surface area contributed by atoms with Crippen LogP contribution < -0.4 is 15.4 Å². The van der Waals surface area contributed by atoms with Gasteiger partial charge in [0.2, 0.25) is 5.91 Å². The summed E-state index contributed by atoms with van der Waals surface area (Å²) in [5.41, 5.74) is 3.49. The number of anilines is 1. The van der Waals surface area contributed by atoms with E-state index in [4.69, 9.17) is 4.74 Å². The Bertz CT molecular complexity index is 1460. The molecule has 0 aromatic heterocycles. The van der Waals surface area contributed by atoms with E-state index in [9.17, 15) is 19.6 Å². The van der Waals surface area contributed by atoms with E-state index in [0.717, 1.165) is 16.0 Å². The summed E-state index contributed by atoms with van der Waals surface area (Å²) in [4.78, 5) is 38.5. The van der Waals surface area contributed by atoms with Crippen molar-refractivity contribution >= 4 is 61.5 Å². The number of benzene rings is 3. The lowest BCUT2D eigenvalue weighted by Gasteiger charge is -2.13. The van der Waals surface area contributed by atoms with Gasteiger partial charge >= 0.3 is 6.03 Å². The molecule has 1 saturated heterocycles. The van der Waals surface area contributed by atoms with Crippen LogP contribution in [0.2, 0.25) is 0 Å². The predicted molar refractivity (Wildman–Crippen MR) is 145 cm³/mol. The zero-order chi connectivity index (χ0) is 26.5. The van der Waals surface area contributed by atoms with Crippen LogP contribution in [0, 0.1) is 18.3 Å². The fourth-order valence-corrected chi connectivity index (χ4v) is 5.11. The number of nitriles is 1. The maximum Gasteiger partial charge on any atom is 0.329 e. The van der Waals surface area contributed by atoms with Crippen molar-refractivity contribution in [3.05, 3.63) is 97.6 Å². The van der Waals surface area contributed by atoms with Crippen molar-refractivity contribution in [2.24, 2.45) is 0 Å². The van der Waals surface area contributed by atoms with Crippen LogP contribution in [-0.2, 0) is 16.2 Å². The smallest absolute Gasteiger partial charge is 0.329 e. The number of nitrogens with zero attached hydrogens (tertiary/aromatic N) is 2. The van der Waals surface area contributed by atoms with Gasteiger partial charge in [-0.25, -0.2) is 9.69 Å². The largest absolute Gasteiger partial charge is 0.486 e. The first-order valence-electron chi connectivity index (χ1n) is 11.1. The average molecular weight is 624 g/mol. The number of halogens is 2. The van der Waals surface area contributed by atoms with Crippen molar-refractivity contribution in [1.29, 1.82) is 5.26 Å². The zero-order valence-electron chi connectivity index (χ0n) is 19.5. The van der Waals surface area contributed by atoms with Crippen molar-refractivity contribution in [3.63, 3.8) is 0 Å². The molecular weight excluding hydrogens is 604 g/mol. The van der Waals surface area contributed by atoms with Gasteiger partial charge in [-0.1, -0.05) is 30.3 Å². The minimum absolute atomic E-state index is 0.0452. The Morgan fingerprint density at radius 2 is 1.84 bits per heavy atom. The number of carbonyl (C=O) groups is 3. The Balaban J connectivity index is 1.45. The van der Waals surface area contributed by atoms with E-state index in [1.54, 1.807) is 42.5 Å². The summed E-state index contributed by atoms with van der Waals surface area (Å²) in [5.74, 6) is -0.573. The highest BCUT2D eigenvalue weighted by molar-refractivity contribution is 9.11. The number of hydrogen-bond donors (Lipinski definition) is 2. The molecule has 0 spiro atoms. The van der Waals surface area contributed by atoms with Crippen LogP contribution in [0.15, 0.2) is 75.3 Å². The number of imide groups is 1. The normalized spacial score (nSPS) is 13.9. The number of amides is 4. The molecule has 37 heavy (non-hydrogen) atoms. The topological polar surface area (TPSA) is 112 Å². The summed E-state index contributed by atoms with van der Waals surface area (Å²) in [6.45, 7) is 1.67. The molecule has 3 aromatic carbocycles. The van der Waals surface area contributed by atoms with Gasteiger partial charge in [0, 0.05) is 11.3 Å². The second-order valence-corrected chi connectivity index (χ2v) is 9.88. The van der Waals surface area contributed by atoms with Crippen LogP contribution in [-0.4, -0.2) is 29.3 Å². The molecule has 0 aliphatic carbocycles. The van der Waals surface area contributed by atoms with Crippen LogP contribution in [0.4, 0.5) is 10.5 Å². The molecule has 1 aliphatic heterocycles. The number of ether oxygens (including phenoxy) is 1. The molecular formula is C27H20Br2N4O4. The number of carbonyl (C=O) groups excluding carboxylic acids is 3. The summed E-state index contributed by atoms with van der Waals surface area (Å²) < 4.78 is 7.13. The summed E-state index contributed by atoms with van der Waals surface area (Å²) in [7, 11) is 0. The van der Waals surface area contributed by atoms with Gasteiger partial charge in [-0.3, -0.25) is 9.59 Å². The Morgan fingerprint density at radius 1 is 1.11 bits per heavy atom. The number of nitrogens with one attached hydrogen (secondary N) is 2. The monoisotopic (exact) mass is 622 g/mol. The molecule has 10 heteroatoms. The van der Waals surface area contributed by atoms with Crippen molar-refractivity contribution in [1.82, 2.24) is 10.2 Å². The molecule has 0 radical (unpaired) electrons. The fraction of sp³-hybridized carbons (Fsp3) is 0.111. The third-order valence-corrected chi connectivity index (χ3v) is 6.59. The number of hydrogen-bond acceptors (Lipinski definition) is 5. The lowest BCUT2D eigenvalue weighted by atomic mass is 10.1. The lowest BCUT2D eigenvalue weighted by molar-refractivity contribution is -0.127. The van der Waals surface area contributed by atoms with E-state index >= 15 is 0 Å². The van der Waals surface area contributed by atoms with Gasteiger partial charge in [0.05, 0.1) is 20.6 Å². The molecule has 2 N–H and O–H groups in total. The summed E-state index contributed by atoms with van der Waals surface area (Å²) >= 11 is 6.96. The first-order chi connectivity index (χ1) is 17.7. The van der Waals surface area contributed by atoms with Gasteiger partial charge in [-0.15, -0.1) is 0 Å². The predicted octanol–water partition coefficient (Wildman–Crippen LogP) is 5.50. The molecule has 1 aliphatic rings. The Morgan fingerprint density at radius 3 is 2.54 bits per heavy atom. The molecule has 0 bridgehead atoms. The molecule has 3 aromatic rings. The van der Waals surface area contributed by atoms with Crippen LogP contribution in [0.1, 0.15) is 22.3 Å². The molecule has 4 amide bonds. The maximum atomic E-state index is 12.8. The minimum atomic E-state index is -0.676. The van der Waals surface area contributed by atoms with Crippen molar-refractivity contribution in [3.8, 4) is 11.8 Å². The second-order valence-electron chi connectivity index (χ2n) is 8.17. The highest BCUT2D eigenvalue weighted by Gasteiger charge is 2.35. The highest BCUT2D eigenvalue weighted by atomic mass is 79.9. The molecule has 0 atom stereocenters. The third-order valence-electron chi connectivity index (χ3n) is 5.41. The molecule has 1 fully saturated rings. The van der Waals surface area contributed by atoms with Gasteiger partial charge in [0.15, 0.2) is 0 Å². The number of rotatable bonds is 7. The summed E-state index contributed by atoms with van der Waals surface area (Å²) in [6, 6.07) is 19.3. The van der Waals surface area contributed by atoms with Crippen LogP contribution in [0.3, 0.4) is 0 Å². The first-order valence-corrected chi connectivity index (χ1v) is 12.6. The van der Waals surface area contributed by atoms with E-state index < -0.39 is 24.4 Å². The Kier molecular flexibility index (Phi) is 8.06. The standard InChI is InChI=1S/C27H20Br2N4O4/c1-16-5-4-8-20(9-16)31-24(34)14-33-26(35)23(32-27(33)36)12-17-10-21(28)25(22(29)11-17)37-15-19-7-3-2-6-18(19)13-30/h2-12H,14-15H2,1H3,(H,31,34)(H,32,36)/b23-12+. The third kappa shape index (κ3) is 6.25. The summed E-state index contributed by atoms with van der Waals surface area (Å²) in [6.07, 6.45) is 1.52. The van der Waals surface area contributed by atoms with Gasteiger partial charge in [0.25, 0.3) is 5.91 Å². The van der Waals surface area contributed by atoms with Crippen molar-refractivity contribution in [2.45, 2.75) is 13.5 Å². The molecule has 0 saturated carbocycles.